The standard InChI is InChI=1S/C20H29N5O/c1-16(17-8-5-4-6-9-17)14-24-10-7-11-25-19(15-24)12-18(22-25)13-21-20(26)23(2)3/h4-6,8-9,12,16H,7,10-11,13-15H2,1-3H3,(H,21,26)/t16-/m0/s1. The molecule has 0 radical (unpaired) electrons. The first-order chi connectivity index (χ1) is 12.5. The Bertz CT molecular complexity index is 725. The van der Waals surface area contributed by atoms with Crippen LogP contribution in [-0.2, 0) is 19.6 Å². The van der Waals surface area contributed by atoms with Crippen LogP contribution < -0.4 is 5.32 Å². The van der Waals surface area contributed by atoms with Crippen molar-refractivity contribution in [3.63, 3.8) is 0 Å². The second-order valence-electron chi connectivity index (χ2n) is 7.30. The third-order valence-corrected chi connectivity index (χ3v) is 4.87. The van der Waals surface area contributed by atoms with Gasteiger partial charge in [-0.05, 0) is 24.0 Å². The van der Waals surface area contributed by atoms with Gasteiger partial charge in [0.05, 0.1) is 17.9 Å². The number of benzene rings is 1. The smallest absolute Gasteiger partial charge is 0.317 e. The van der Waals surface area contributed by atoms with E-state index in [0.29, 0.717) is 12.5 Å². The summed E-state index contributed by atoms with van der Waals surface area (Å²) in [6.45, 7) is 6.74. The van der Waals surface area contributed by atoms with Crippen molar-refractivity contribution in [3.8, 4) is 0 Å². The number of urea groups is 1. The first-order valence-corrected chi connectivity index (χ1v) is 9.31. The van der Waals surface area contributed by atoms with Gasteiger partial charge in [-0.25, -0.2) is 4.79 Å². The summed E-state index contributed by atoms with van der Waals surface area (Å²) in [4.78, 5) is 15.7. The summed E-state index contributed by atoms with van der Waals surface area (Å²) >= 11 is 0. The molecule has 2 aromatic rings. The number of aromatic nitrogens is 2. The highest BCUT2D eigenvalue weighted by Crippen LogP contribution is 2.20. The molecule has 2 amide bonds. The second kappa shape index (κ2) is 8.36. The Morgan fingerprint density at radius 2 is 2.04 bits per heavy atom. The van der Waals surface area contributed by atoms with Crippen molar-refractivity contribution in [2.75, 3.05) is 27.2 Å². The third-order valence-electron chi connectivity index (χ3n) is 4.87. The van der Waals surface area contributed by atoms with Crippen molar-refractivity contribution < 1.29 is 4.79 Å². The number of rotatable bonds is 5. The van der Waals surface area contributed by atoms with Crippen LogP contribution in [0.25, 0.3) is 0 Å². The number of aryl methyl sites for hydroxylation is 1. The van der Waals surface area contributed by atoms with Crippen molar-refractivity contribution in [3.05, 3.63) is 53.3 Å². The number of nitrogens with one attached hydrogen (secondary N) is 1. The molecule has 1 aromatic heterocycles. The summed E-state index contributed by atoms with van der Waals surface area (Å²) in [6.07, 6.45) is 1.10. The fourth-order valence-corrected chi connectivity index (χ4v) is 3.43. The Kier molecular flexibility index (Phi) is 5.93. The molecule has 0 aliphatic carbocycles. The molecule has 6 heteroatoms. The number of hydrogen-bond acceptors (Lipinski definition) is 3. The minimum atomic E-state index is -0.0912. The highest BCUT2D eigenvalue weighted by Gasteiger charge is 2.19. The van der Waals surface area contributed by atoms with Crippen LogP contribution in [0.2, 0.25) is 0 Å². The molecule has 1 aliphatic rings. The van der Waals surface area contributed by atoms with Gasteiger partial charge in [-0.2, -0.15) is 5.10 Å². The average Bonchev–Trinajstić information content (AvgIpc) is 2.92. The maximum absolute atomic E-state index is 11.7. The van der Waals surface area contributed by atoms with Gasteiger partial charge < -0.3 is 10.2 Å². The number of carbonyl (C=O) groups is 1. The molecule has 140 valence electrons. The first-order valence-electron chi connectivity index (χ1n) is 9.31. The summed E-state index contributed by atoms with van der Waals surface area (Å²) in [7, 11) is 3.48. The molecule has 2 heterocycles. The van der Waals surface area contributed by atoms with Crippen LogP contribution in [0.15, 0.2) is 36.4 Å². The lowest BCUT2D eigenvalue weighted by Gasteiger charge is -2.24. The lowest BCUT2D eigenvalue weighted by atomic mass is 10.0. The highest BCUT2D eigenvalue weighted by atomic mass is 16.2. The zero-order chi connectivity index (χ0) is 18.5. The van der Waals surface area contributed by atoms with E-state index in [-0.39, 0.29) is 6.03 Å². The van der Waals surface area contributed by atoms with Crippen LogP contribution in [0.1, 0.15) is 36.2 Å². The minimum Gasteiger partial charge on any atom is -0.332 e. The molecule has 1 N–H and O–H groups in total. The zero-order valence-electron chi connectivity index (χ0n) is 16.0. The summed E-state index contributed by atoms with van der Waals surface area (Å²) in [6, 6.07) is 12.7. The lowest BCUT2D eigenvalue weighted by Crippen LogP contribution is -2.34. The van der Waals surface area contributed by atoms with Gasteiger partial charge in [-0.1, -0.05) is 37.3 Å². The van der Waals surface area contributed by atoms with E-state index in [0.717, 1.165) is 38.3 Å². The van der Waals surface area contributed by atoms with E-state index in [4.69, 9.17) is 0 Å². The predicted molar refractivity (Wildman–Crippen MR) is 103 cm³/mol. The summed E-state index contributed by atoms with van der Waals surface area (Å²) in [5, 5.41) is 7.56. The molecule has 0 unspecified atom stereocenters. The number of carbonyl (C=O) groups excluding carboxylic acids is 1. The maximum Gasteiger partial charge on any atom is 0.317 e. The highest BCUT2D eigenvalue weighted by molar-refractivity contribution is 5.73. The SMILES string of the molecule is C[C@@H](CN1CCCn2nc(CNC(=O)N(C)C)cc2C1)c1ccccc1. The quantitative estimate of drug-likeness (QED) is 0.897. The van der Waals surface area contributed by atoms with Crippen LogP contribution in [0.3, 0.4) is 0 Å². The molecule has 0 bridgehead atoms. The second-order valence-corrected chi connectivity index (χ2v) is 7.30. The molecule has 0 saturated carbocycles. The van der Waals surface area contributed by atoms with E-state index in [9.17, 15) is 4.79 Å². The van der Waals surface area contributed by atoms with Gasteiger partial charge in [-0.3, -0.25) is 9.58 Å². The number of nitrogens with zero attached hydrogens (tertiary/aromatic N) is 4. The van der Waals surface area contributed by atoms with Crippen LogP contribution in [0, 0.1) is 0 Å². The molecule has 3 rings (SSSR count). The molecule has 0 saturated heterocycles. The lowest BCUT2D eigenvalue weighted by molar-refractivity contribution is 0.217. The largest absolute Gasteiger partial charge is 0.332 e. The Morgan fingerprint density at radius 3 is 2.77 bits per heavy atom. The van der Waals surface area contributed by atoms with Gasteiger partial charge in [0.25, 0.3) is 0 Å². The number of amides is 2. The Morgan fingerprint density at radius 1 is 1.27 bits per heavy atom. The maximum atomic E-state index is 11.7. The van der Waals surface area contributed by atoms with Crippen molar-refractivity contribution in [1.29, 1.82) is 0 Å². The van der Waals surface area contributed by atoms with Crippen molar-refractivity contribution in [2.45, 2.75) is 38.9 Å². The van der Waals surface area contributed by atoms with Gasteiger partial charge >= 0.3 is 6.03 Å². The average molecular weight is 355 g/mol. The van der Waals surface area contributed by atoms with E-state index < -0.39 is 0 Å². The number of hydrogen-bond donors (Lipinski definition) is 1. The summed E-state index contributed by atoms with van der Waals surface area (Å²) in [5.41, 5.74) is 3.54. The molecular formula is C20H29N5O. The Labute approximate surface area is 155 Å². The normalized spacial score (nSPS) is 15.8. The molecule has 1 aromatic carbocycles. The Balaban J connectivity index is 1.61. The molecule has 0 spiro atoms. The molecule has 26 heavy (non-hydrogen) atoms. The monoisotopic (exact) mass is 355 g/mol. The van der Waals surface area contributed by atoms with E-state index in [1.807, 2.05) is 0 Å². The van der Waals surface area contributed by atoms with Crippen molar-refractivity contribution in [2.24, 2.45) is 0 Å². The fraction of sp³-hybridized carbons (Fsp3) is 0.500. The molecular weight excluding hydrogens is 326 g/mol. The van der Waals surface area contributed by atoms with Crippen LogP contribution in [0.5, 0.6) is 0 Å². The fourth-order valence-electron chi connectivity index (χ4n) is 3.43. The predicted octanol–water partition coefficient (Wildman–Crippen LogP) is 2.66. The summed E-state index contributed by atoms with van der Waals surface area (Å²) < 4.78 is 2.10. The van der Waals surface area contributed by atoms with Gasteiger partial charge in [0.15, 0.2) is 0 Å². The first kappa shape index (κ1) is 18.5. The molecule has 1 atom stereocenters. The van der Waals surface area contributed by atoms with Crippen LogP contribution in [-0.4, -0.2) is 52.8 Å². The molecule has 6 nitrogen and oxygen atoms in total. The van der Waals surface area contributed by atoms with Gasteiger partial charge in [0.2, 0.25) is 0 Å². The van der Waals surface area contributed by atoms with Crippen LogP contribution >= 0.6 is 0 Å². The van der Waals surface area contributed by atoms with Crippen molar-refractivity contribution in [1.82, 2.24) is 24.9 Å². The minimum absolute atomic E-state index is 0.0912. The van der Waals surface area contributed by atoms with E-state index in [1.54, 1.807) is 14.1 Å². The summed E-state index contributed by atoms with van der Waals surface area (Å²) in [5.74, 6) is 0.504. The third kappa shape index (κ3) is 4.64. The van der Waals surface area contributed by atoms with Crippen LogP contribution in [0.4, 0.5) is 4.79 Å². The van der Waals surface area contributed by atoms with Crippen molar-refractivity contribution >= 4 is 6.03 Å². The van der Waals surface area contributed by atoms with E-state index in [2.05, 4.69) is 63.3 Å². The molecule has 0 fully saturated rings. The van der Waals surface area contributed by atoms with Gasteiger partial charge in [-0.15, -0.1) is 0 Å². The van der Waals surface area contributed by atoms with Gasteiger partial charge in [0, 0.05) is 40.3 Å². The zero-order valence-corrected chi connectivity index (χ0v) is 16.0. The van der Waals surface area contributed by atoms with E-state index >= 15 is 0 Å². The topological polar surface area (TPSA) is 53.4 Å². The van der Waals surface area contributed by atoms with Gasteiger partial charge in [0.1, 0.15) is 0 Å². The molecule has 1 aliphatic heterocycles. The number of fused-ring (bicyclic) bond motifs is 1. The Hall–Kier alpha value is -2.34. The van der Waals surface area contributed by atoms with E-state index in [1.165, 1.54) is 16.2 Å².